The Balaban J connectivity index is 0.000000199. The zero-order valence-electron chi connectivity index (χ0n) is 36.3. The van der Waals surface area contributed by atoms with Gasteiger partial charge in [0.2, 0.25) is 11.9 Å². The second kappa shape index (κ2) is 21.4. The maximum Gasteiger partial charge on any atom is 0.573 e. The minimum Gasteiger partial charge on any atom is -0.484 e. The van der Waals surface area contributed by atoms with Crippen molar-refractivity contribution in [2.45, 2.75) is 19.1 Å². The van der Waals surface area contributed by atoms with Crippen LogP contribution in [0.5, 0.6) is 23.0 Å². The molecule has 8 rings (SSSR count). The van der Waals surface area contributed by atoms with Crippen LogP contribution in [0.15, 0.2) is 97.3 Å². The Kier molecular flexibility index (Phi) is 15.3. The van der Waals surface area contributed by atoms with Crippen LogP contribution in [0.25, 0.3) is 21.8 Å². The van der Waals surface area contributed by atoms with Gasteiger partial charge in [-0.25, -0.2) is 19.9 Å². The van der Waals surface area contributed by atoms with E-state index >= 15 is 0 Å². The number of carbonyl (C=O) groups is 2. The summed E-state index contributed by atoms with van der Waals surface area (Å²) in [6.07, 6.45) is -5.01. The highest BCUT2D eigenvalue weighted by atomic mass is 19.4. The number of carbonyl (C=O) groups excluding carboxylic acids is 2. The summed E-state index contributed by atoms with van der Waals surface area (Å²) < 4.78 is 91.5. The first-order valence-electron chi connectivity index (χ1n) is 21.0. The first-order valence-corrected chi connectivity index (χ1v) is 21.0. The van der Waals surface area contributed by atoms with Crippen molar-refractivity contribution in [2.75, 3.05) is 100 Å². The fourth-order valence-corrected chi connectivity index (χ4v) is 6.93. The number of nitrogens with zero attached hydrogens (tertiary/aromatic N) is 8. The van der Waals surface area contributed by atoms with Crippen molar-refractivity contribution < 1.29 is 54.9 Å². The minimum absolute atomic E-state index is 0.239. The Hall–Kier alpha value is -7.20. The number of amides is 2. The molecule has 0 aliphatic carbocycles. The lowest BCUT2D eigenvalue weighted by Crippen LogP contribution is -2.45. The summed E-state index contributed by atoms with van der Waals surface area (Å²) in [6.45, 7) is 6.82. The van der Waals surface area contributed by atoms with Crippen molar-refractivity contribution in [3.63, 3.8) is 0 Å². The van der Waals surface area contributed by atoms with Crippen molar-refractivity contribution in [3.8, 4) is 23.0 Å². The molecule has 0 bridgehead atoms. The number of piperazine rings is 1. The molecular formula is C45H46F6N10O6. The number of benzene rings is 4. The van der Waals surface area contributed by atoms with E-state index in [1.54, 1.807) is 36.7 Å². The van der Waals surface area contributed by atoms with Gasteiger partial charge < -0.3 is 49.2 Å². The average Bonchev–Trinajstić information content (AvgIpc) is 3.52. The summed E-state index contributed by atoms with van der Waals surface area (Å²) in [4.78, 5) is 51.6. The Bertz CT molecular complexity index is 2620. The fourth-order valence-electron chi connectivity index (χ4n) is 6.93. The van der Waals surface area contributed by atoms with Crippen LogP contribution in [0.2, 0.25) is 0 Å². The van der Waals surface area contributed by atoms with Crippen LogP contribution in [0.1, 0.15) is 6.42 Å². The molecule has 6 aromatic rings. The van der Waals surface area contributed by atoms with Crippen LogP contribution in [-0.2, 0) is 9.59 Å². The molecule has 0 atom stereocenters. The van der Waals surface area contributed by atoms with E-state index < -0.39 is 24.5 Å². The van der Waals surface area contributed by atoms with Gasteiger partial charge in [-0.15, -0.1) is 26.3 Å². The lowest BCUT2D eigenvalue weighted by molar-refractivity contribution is -0.275. The summed E-state index contributed by atoms with van der Waals surface area (Å²) in [5, 5.41) is 7.02. The van der Waals surface area contributed by atoms with Gasteiger partial charge in [0.25, 0.3) is 11.8 Å². The number of halogens is 6. The molecule has 2 N–H and O–H groups in total. The second-order valence-corrected chi connectivity index (χ2v) is 15.5. The third-order valence-electron chi connectivity index (χ3n) is 10.3. The first kappa shape index (κ1) is 47.8. The van der Waals surface area contributed by atoms with Gasteiger partial charge in [0.15, 0.2) is 13.2 Å². The van der Waals surface area contributed by atoms with E-state index in [1.165, 1.54) is 24.3 Å². The molecule has 0 unspecified atom stereocenters. The number of aromatic nitrogens is 4. The quantitative estimate of drug-likeness (QED) is 0.121. The van der Waals surface area contributed by atoms with Crippen LogP contribution < -0.4 is 39.4 Å². The molecule has 0 radical (unpaired) electrons. The van der Waals surface area contributed by atoms with E-state index in [-0.39, 0.29) is 36.2 Å². The number of rotatable bonds is 12. The monoisotopic (exact) mass is 936 g/mol. The Labute approximate surface area is 380 Å². The molecule has 22 heteroatoms. The van der Waals surface area contributed by atoms with Gasteiger partial charge in [-0.05, 0) is 112 Å². The highest BCUT2D eigenvalue weighted by Gasteiger charge is 2.32. The minimum atomic E-state index is -4.77. The molecular weight excluding hydrogens is 891 g/mol. The molecule has 354 valence electrons. The van der Waals surface area contributed by atoms with Gasteiger partial charge in [-0.2, -0.15) is 0 Å². The third kappa shape index (κ3) is 14.6. The number of nitrogens with one attached hydrogen (secondary N) is 2. The van der Waals surface area contributed by atoms with Gasteiger partial charge in [-0.1, -0.05) is 0 Å². The molecule has 2 fully saturated rings. The summed E-state index contributed by atoms with van der Waals surface area (Å²) in [5.74, 6) is 0.294. The number of ether oxygens (including phenoxy) is 4. The third-order valence-corrected chi connectivity index (χ3v) is 10.3. The highest BCUT2D eigenvalue weighted by Crippen LogP contribution is 2.27. The van der Waals surface area contributed by atoms with Gasteiger partial charge in [-0.3, -0.25) is 9.59 Å². The lowest BCUT2D eigenvalue weighted by atomic mass is 10.2. The van der Waals surface area contributed by atoms with E-state index in [0.29, 0.717) is 23.3 Å². The summed E-state index contributed by atoms with van der Waals surface area (Å²) in [6, 6.07) is 20.3. The Morgan fingerprint density at radius 1 is 0.537 bits per heavy atom. The topological polar surface area (TPSA) is 160 Å². The number of alkyl halides is 6. The molecule has 0 spiro atoms. The zero-order valence-corrected chi connectivity index (χ0v) is 36.3. The van der Waals surface area contributed by atoms with E-state index in [4.69, 9.17) is 9.47 Å². The molecule has 16 nitrogen and oxygen atoms in total. The Morgan fingerprint density at radius 3 is 1.34 bits per heavy atom. The average molecular weight is 937 g/mol. The number of anilines is 4. The van der Waals surface area contributed by atoms with Crippen LogP contribution in [0, 0.1) is 0 Å². The summed E-state index contributed by atoms with van der Waals surface area (Å²) in [7, 11) is 4.19. The zero-order chi connectivity index (χ0) is 47.6. The summed E-state index contributed by atoms with van der Waals surface area (Å²) >= 11 is 0. The summed E-state index contributed by atoms with van der Waals surface area (Å²) in [5.41, 5.74) is 2.66. The standard InChI is InChI=1S/C23H24F3N5O3.C22H22F3N5O3/c1-30-9-2-10-31(12-11-30)22-27-14-16-13-17(3-8-20(16)29-22)28-21(32)15-33-18-4-6-19(7-5-18)34-23(24,25)26;1-29-8-10-30(11-9-29)21-26-13-15-12-16(2-7-19(15)28-21)27-20(31)14-32-17-3-5-18(6-4-17)33-22(23,24)25/h3-8,13-14H,2,9-12,15H2,1H3,(H,28,32);2-7,12-13H,8-11,14H2,1H3,(H,27,31). The smallest absolute Gasteiger partial charge is 0.484 e. The van der Waals surface area contributed by atoms with Crippen molar-refractivity contribution in [3.05, 3.63) is 97.3 Å². The molecule has 67 heavy (non-hydrogen) atoms. The molecule has 2 saturated heterocycles. The highest BCUT2D eigenvalue weighted by molar-refractivity contribution is 5.95. The first-order chi connectivity index (χ1) is 32.0. The molecule has 2 aliphatic heterocycles. The van der Waals surface area contributed by atoms with E-state index in [1.807, 2.05) is 12.1 Å². The van der Waals surface area contributed by atoms with Crippen molar-refractivity contribution in [2.24, 2.45) is 0 Å². The van der Waals surface area contributed by atoms with Crippen molar-refractivity contribution >= 4 is 56.9 Å². The number of fused-ring (bicyclic) bond motifs is 2. The largest absolute Gasteiger partial charge is 0.573 e. The SMILES string of the molecule is CN1CCCN(c2ncc3cc(NC(=O)COc4ccc(OC(F)(F)F)cc4)ccc3n2)CC1.CN1CCN(c2ncc3cc(NC(=O)COc4ccc(OC(F)(F)F)cc4)ccc3n2)CC1. The normalized spacial score (nSPS) is 15.0. The second-order valence-electron chi connectivity index (χ2n) is 15.5. The van der Waals surface area contributed by atoms with Crippen molar-refractivity contribution in [1.82, 2.24) is 29.7 Å². The number of hydrogen-bond acceptors (Lipinski definition) is 14. The number of hydrogen-bond donors (Lipinski definition) is 2. The molecule has 4 aromatic carbocycles. The molecule has 4 heterocycles. The van der Waals surface area contributed by atoms with Crippen LogP contribution in [-0.4, -0.2) is 134 Å². The fraction of sp³-hybridized carbons (Fsp3) is 0.333. The molecule has 2 amide bonds. The van der Waals surface area contributed by atoms with Crippen LogP contribution in [0.3, 0.4) is 0 Å². The van der Waals surface area contributed by atoms with Gasteiger partial charge >= 0.3 is 12.7 Å². The van der Waals surface area contributed by atoms with E-state index in [0.717, 1.165) is 105 Å². The Morgan fingerprint density at radius 2 is 0.925 bits per heavy atom. The van der Waals surface area contributed by atoms with Crippen LogP contribution >= 0.6 is 0 Å². The predicted octanol–water partition coefficient (Wildman–Crippen LogP) is 6.99. The van der Waals surface area contributed by atoms with Crippen molar-refractivity contribution in [1.29, 1.82) is 0 Å². The maximum absolute atomic E-state index is 12.2. The maximum atomic E-state index is 12.2. The van der Waals surface area contributed by atoms with Crippen LogP contribution in [0.4, 0.5) is 49.6 Å². The van der Waals surface area contributed by atoms with E-state index in [9.17, 15) is 35.9 Å². The molecule has 0 saturated carbocycles. The van der Waals surface area contributed by atoms with Gasteiger partial charge in [0.1, 0.15) is 23.0 Å². The number of likely N-dealkylation sites (N-methyl/N-ethyl adjacent to an activating group) is 2. The molecule has 2 aromatic heterocycles. The lowest BCUT2D eigenvalue weighted by Gasteiger charge is -2.32. The van der Waals surface area contributed by atoms with Gasteiger partial charge in [0, 0.05) is 80.4 Å². The predicted molar refractivity (Wildman–Crippen MR) is 238 cm³/mol. The molecule has 2 aliphatic rings. The van der Waals surface area contributed by atoms with Gasteiger partial charge in [0.05, 0.1) is 11.0 Å². The van der Waals surface area contributed by atoms with E-state index in [2.05, 4.69) is 73.7 Å².